The number of rotatable bonds is 4. The minimum Gasteiger partial charge on any atom is -0.335 e. The number of aromatic nitrogens is 2. The number of hydrogen-bond acceptors (Lipinski definition) is 3. The molecule has 2 atom stereocenters. The van der Waals surface area contributed by atoms with Gasteiger partial charge in [-0.3, -0.25) is 0 Å². The van der Waals surface area contributed by atoms with Gasteiger partial charge in [0.05, 0.1) is 12.9 Å². The first-order valence-electron chi connectivity index (χ1n) is 6.86. The van der Waals surface area contributed by atoms with Crippen molar-refractivity contribution >= 4 is 46.7 Å². The summed E-state index contributed by atoms with van der Waals surface area (Å²) in [6.45, 7) is 3.11. The summed E-state index contributed by atoms with van der Waals surface area (Å²) in [5.41, 5.74) is 1.16. The fourth-order valence-corrected chi connectivity index (χ4v) is 7.04. The maximum absolute atomic E-state index is 6.49. The van der Waals surface area contributed by atoms with Crippen LogP contribution in [0, 0.1) is 0 Å². The Kier molecular flexibility index (Phi) is 4.79. The maximum atomic E-state index is 6.49. The van der Waals surface area contributed by atoms with Crippen LogP contribution in [0.4, 0.5) is 0 Å². The first kappa shape index (κ1) is 15.6. The fraction of sp³-hybridized carbons (Fsp3) is 0.400. The average Bonchev–Trinajstić information content (AvgIpc) is 3.09. The Balaban J connectivity index is 1.99. The third kappa shape index (κ3) is 3.24. The fourth-order valence-electron chi connectivity index (χ4n) is 2.49. The number of benzene rings is 1. The largest absolute Gasteiger partial charge is 0.335 e. The second kappa shape index (κ2) is 6.45. The Bertz CT molecular complexity index is 618. The Morgan fingerprint density at radius 3 is 2.90 bits per heavy atom. The molecule has 1 saturated heterocycles. The van der Waals surface area contributed by atoms with Crippen molar-refractivity contribution in [2.45, 2.75) is 29.2 Å². The van der Waals surface area contributed by atoms with Crippen LogP contribution in [0.3, 0.4) is 0 Å². The molecule has 0 bridgehead atoms. The third-order valence-electron chi connectivity index (χ3n) is 3.61. The van der Waals surface area contributed by atoms with Crippen molar-refractivity contribution < 1.29 is 0 Å². The van der Waals surface area contributed by atoms with Gasteiger partial charge in [0.2, 0.25) is 0 Å². The molecule has 2 aromatic rings. The molecule has 0 radical (unpaired) electrons. The zero-order valence-electron chi connectivity index (χ0n) is 11.6. The molecule has 1 fully saturated rings. The molecule has 2 unspecified atom stereocenters. The molecule has 3 rings (SSSR count). The summed E-state index contributed by atoms with van der Waals surface area (Å²) in [6.07, 6.45) is 6.87. The lowest BCUT2D eigenvalue weighted by Crippen LogP contribution is -2.22. The van der Waals surface area contributed by atoms with E-state index in [1.807, 2.05) is 54.4 Å². The molecule has 0 spiro atoms. The summed E-state index contributed by atoms with van der Waals surface area (Å²) in [7, 11) is 0. The van der Waals surface area contributed by atoms with E-state index in [1.165, 1.54) is 6.42 Å². The van der Waals surface area contributed by atoms with Crippen molar-refractivity contribution in [1.82, 2.24) is 9.55 Å². The zero-order chi connectivity index (χ0) is 14.9. The molecule has 21 heavy (non-hydrogen) atoms. The third-order valence-corrected chi connectivity index (χ3v) is 7.95. The van der Waals surface area contributed by atoms with E-state index in [4.69, 9.17) is 23.2 Å². The molecule has 0 N–H and O–H groups in total. The van der Waals surface area contributed by atoms with Gasteiger partial charge in [-0.25, -0.2) is 4.98 Å². The van der Waals surface area contributed by atoms with E-state index >= 15 is 0 Å². The van der Waals surface area contributed by atoms with E-state index < -0.39 is 0 Å². The first-order valence-corrected chi connectivity index (χ1v) is 9.48. The number of thioether (sulfide) groups is 2. The topological polar surface area (TPSA) is 17.8 Å². The highest BCUT2D eigenvalue weighted by Gasteiger charge is 2.43. The van der Waals surface area contributed by atoms with Crippen LogP contribution in [-0.4, -0.2) is 20.6 Å². The van der Waals surface area contributed by atoms with E-state index in [1.54, 1.807) is 0 Å². The minimum atomic E-state index is -0.0664. The van der Waals surface area contributed by atoms with Crippen molar-refractivity contribution in [1.29, 1.82) is 0 Å². The Hall–Kier alpha value is -0.290. The standard InChI is InChI=1S/C15H16Cl2N2S2/c1-2-12-8-20-15(21-12,9-19-6-5-18-10-19)13-4-3-11(16)7-14(13)17/h3-7,10,12H,2,8-9H2,1H3. The van der Waals surface area contributed by atoms with Crippen molar-refractivity contribution in [2.75, 3.05) is 5.75 Å². The molecule has 2 nitrogen and oxygen atoms in total. The van der Waals surface area contributed by atoms with E-state index in [0.29, 0.717) is 10.3 Å². The summed E-state index contributed by atoms with van der Waals surface area (Å²) in [4.78, 5) is 4.16. The van der Waals surface area contributed by atoms with Gasteiger partial charge in [-0.1, -0.05) is 36.2 Å². The van der Waals surface area contributed by atoms with Crippen molar-refractivity contribution in [3.8, 4) is 0 Å². The van der Waals surface area contributed by atoms with Crippen molar-refractivity contribution in [2.24, 2.45) is 0 Å². The van der Waals surface area contributed by atoms with E-state index in [-0.39, 0.29) is 4.08 Å². The first-order chi connectivity index (χ1) is 10.1. The van der Waals surface area contributed by atoms with Gasteiger partial charge in [-0.05, 0) is 24.1 Å². The number of nitrogens with zero attached hydrogens (tertiary/aromatic N) is 2. The predicted octanol–water partition coefficient (Wildman–Crippen LogP) is 5.30. The summed E-state index contributed by atoms with van der Waals surface area (Å²) in [6, 6.07) is 5.84. The smallest absolute Gasteiger partial charge is 0.106 e. The van der Waals surface area contributed by atoms with Crippen LogP contribution in [0.5, 0.6) is 0 Å². The van der Waals surface area contributed by atoms with Crippen LogP contribution in [0.1, 0.15) is 18.9 Å². The number of halogens is 2. The van der Waals surface area contributed by atoms with Crippen LogP contribution in [-0.2, 0) is 10.6 Å². The van der Waals surface area contributed by atoms with Gasteiger partial charge in [-0.15, -0.1) is 23.5 Å². The molecular formula is C15H16Cl2N2S2. The van der Waals surface area contributed by atoms with Gasteiger partial charge >= 0.3 is 0 Å². The number of hydrogen-bond donors (Lipinski definition) is 0. The van der Waals surface area contributed by atoms with E-state index in [0.717, 1.165) is 22.9 Å². The highest BCUT2D eigenvalue weighted by atomic mass is 35.5. The van der Waals surface area contributed by atoms with Crippen molar-refractivity contribution in [3.05, 3.63) is 52.5 Å². The molecule has 1 aliphatic heterocycles. The molecule has 1 aromatic carbocycles. The lowest BCUT2D eigenvalue weighted by molar-refractivity contribution is 0.652. The van der Waals surface area contributed by atoms with Crippen LogP contribution in [0.25, 0.3) is 0 Å². The van der Waals surface area contributed by atoms with Crippen LogP contribution in [0.2, 0.25) is 10.0 Å². The monoisotopic (exact) mass is 358 g/mol. The van der Waals surface area contributed by atoms with Gasteiger partial charge in [0.1, 0.15) is 4.08 Å². The molecule has 6 heteroatoms. The normalized spacial score (nSPS) is 25.4. The van der Waals surface area contributed by atoms with Gasteiger partial charge in [-0.2, -0.15) is 0 Å². The second-order valence-electron chi connectivity index (χ2n) is 5.07. The SMILES string of the molecule is CCC1CSC(Cn2ccnc2)(c2ccc(Cl)cc2Cl)S1. The van der Waals surface area contributed by atoms with Crippen LogP contribution in [0.15, 0.2) is 36.9 Å². The van der Waals surface area contributed by atoms with Gasteiger partial charge in [0.25, 0.3) is 0 Å². The molecule has 112 valence electrons. The van der Waals surface area contributed by atoms with E-state index in [2.05, 4.69) is 22.5 Å². The highest BCUT2D eigenvalue weighted by Crippen LogP contribution is 2.58. The Labute approximate surface area is 143 Å². The maximum Gasteiger partial charge on any atom is 0.106 e. The van der Waals surface area contributed by atoms with Gasteiger partial charge < -0.3 is 4.57 Å². The summed E-state index contributed by atoms with van der Waals surface area (Å²) < 4.78 is 2.06. The molecular weight excluding hydrogens is 343 g/mol. The Morgan fingerprint density at radius 2 is 2.29 bits per heavy atom. The summed E-state index contributed by atoms with van der Waals surface area (Å²) in [5, 5.41) is 2.09. The average molecular weight is 359 g/mol. The van der Waals surface area contributed by atoms with Gasteiger partial charge in [0.15, 0.2) is 0 Å². The van der Waals surface area contributed by atoms with Crippen molar-refractivity contribution in [3.63, 3.8) is 0 Å². The minimum absolute atomic E-state index is 0.0664. The molecule has 2 heterocycles. The summed E-state index contributed by atoms with van der Waals surface area (Å²) in [5.74, 6) is 1.15. The number of imidazole rings is 1. The van der Waals surface area contributed by atoms with E-state index in [9.17, 15) is 0 Å². The molecule has 1 aliphatic rings. The highest BCUT2D eigenvalue weighted by molar-refractivity contribution is 8.21. The molecule has 1 aromatic heterocycles. The van der Waals surface area contributed by atoms with Crippen LogP contribution < -0.4 is 0 Å². The molecule has 0 saturated carbocycles. The molecule has 0 aliphatic carbocycles. The van der Waals surface area contributed by atoms with Gasteiger partial charge in [0, 0.05) is 33.4 Å². The lowest BCUT2D eigenvalue weighted by atomic mass is 10.1. The molecule has 0 amide bonds. The lowest BCUT2D eigenvalue weighted by Gasteiger charge is -2.30. The predicted molar refractivity (Wildman–Crippen MR) is 94.5 cm³/mol. The van der Waals surface area contributed by atoms with Crippen LogP contribution >= 0.6 is 46.7 Å². The second-order valence-corrected chi connectivity index (χ2v) is 9.09. The summed E-state index contributed by atoms with van der Waals surface area (Å²) >= 11 is 16.5. The zero-order valence-corrected chi connectivity index (χ0v) is 14.8. The Morgan fingerprint density at radius 1 is 1.43 bits per heavy atom. The quantitative estimate of drug-likeness (QED) is 0.738.